The van der Waals surface area contributed by atoms with Gasteiger partial charge in [-0.3, -0.25) is 9.59 Å². The number of fused-ring (bicyclic) bond motifs is 1. The minimum atomic E-state index is -0.475. The Morgan fingerprint density at radius 1 is 1.22 bits per heavy atom. The molecule has 1 unspecified atom stereocenters. The van der Waals surface area contributed by atoms with Crippen LogP contribution in [0.25, 0.3) is 0 Å². The maximum atomic E-state index is 12.5. The molecule has 2 aromatic rings. The number of rotatable bonds is 5. The van der Waals surface area contributed by atoms with Crippen molar-refractivity contribution < 1.29 is 14.3 Å². The molecule has 1 heterocycles. The predicted molar refractivity (Wildman–Crippen MR) is 108 cm³/mol. The van der Waals surface area contributed by atoms with Crippen molar-refractivity contribution in [3.05, 3.63) is 47.0 Å². The Morgan fingerprint density at radius 3 is 2.70 bits per heavy atom. The van der Waals surface area contributed by atoms with Gasteiger partial charge >= 0.3 is 0 Å². The first-order valence-electron chi connectivity index (χ1n) is 8.71. The van der Waals surface area contributed by atoms with Crippen molar-refractivity contribution in [2.45, 2.75) is 26.3 Å². The van der Waals surface area contributed by atoms with Crippen LogP contribution in [0.15, 0.2) is 36.4 Å². The van der Waals surface area contributed by atoms with Gasteiger partial charge in [0.05, 0.1) is 12.8 Å². The first kappa shape index (κ1) is 19.0. The molecule has 0 saturated heterocycles. The molecule has 0 saturated carbocycles. The fourth-order valence-electron chi connectivity index (χ4n) is 3.15. The van der Waals surface area contributed by atoms with E-state index in [1.54, 1.807) is 36.9 Å². The summed E-state index contributed by atoms with van der Waals surface area (Å²) in [6, 6.07) is 10.4. The van der Waals surface area contributed by atoms with Gasteiger partial charge in [0.1, 0.15) is 11.8 Å². The second kappa shape index (κ2) is 7.88. The Morgan fingerprint density at radius 2 is 2.00 bits per heavy atom. The minimum Gasteiger partial charge on any atom is -0.495 e. The van der Waals surface area contributed by atoms with Gasteiger partial charge in [-0.1, -0.05) is 11.6 Å². The van der Waals surface area contributed by atoms with Crippen molar-refractivity contribution in [1.82, 2.24) is 0 Å². The number of amides is 2. The predicted octanol–water partition coefficient (Wildman–Crippen LogP) is 3.70. The molecule has 2 aromatic carbocycles. The monoisotopic (exact) mass is 387 g/mol. The van der Waals surface area contributed by atoms with Gasteiger partial charge in [0.2, 0.25) is 11.8 Å². The highest BCUT2D eigenvalue weighted by Gasteiger charge is 2.23. The molecule has 7 heteroatoms. The Kier molecular flexibility index (Phi) is 5.56. The van der Waals surface area contributed by atoms with Crippen LogP contribution in [0.2, 0.25) is 5.02 Å². The average Bonchev–Trinajstić information content (AvgIpc) is 3.05. The molecular weight excluding hydrogens is 366 g/mol. The first-order chi connectivity index (χ1) is 12.9. The van der Waals surface area contributed by atoms with Gasteiger partial charge in [0, 0.05) is 29.9 Å². The molecule has 3 rings (SSSR count). The first-order valence-corrected chi connectivity index (χ1v) is 9.09. The number of benzene rings is 2. The van der Waals surface area contributed by atoms with Gasteiger partial charge in [0.25, 0.3) is 0 Å². The molecule has 0 spiro atoms. The van der Waals surface area contributed by atoms with E-state index in [0.717, 1.165) is 23.4 Å². The SMILES string of the molecule is COc1ccc(Cl)cc1NC(=O)C(C)Nc1ccc2c(c1)CCN2C(C)=O. The van der Waals surface area contributed by atoms with E-state index in [2.05, 4.69) is 10.6 Å². The smallest absolute Gasteiger partial charge is 0.246 e. The average molecular weight is 388 g/mol. The van der Waals surface area contributed by atoms with E-state index in [1.807, 2.05) is 18.2 Å². The zero-order valence-electron chi connectivity index (χ0n) is 15.5. The highest BCUT2D eigenvalue weighted by molar-refractivity contribution is 6.31. The van der Waals surface area contributed by atoms with Crippen LogP contribution in [0.4, 0.5) is 17.1 Å². The van der Waals surface area contributed by atoms with E-state index in [1.165, 1.54) is 7.11 Å². The molecule has 1 atom stereocenters. The Labute approximate surface area is 163 Å². The molecular formula is C20H22ClN3O3. The summed E-state index contributed by atoms with van der Waals surface area (Å²) in [6.07, 6.45) is 0.810. The van der Waals surface area contributed by atoms with Crippen LogP contribution in [0.3, 0.4) is 0 Å². The largest absolute Gasteiger partial charge is 0.495 e. The molecule has 2 amide bonds. The fourth-order valence-corrected chi connectivity index (χ4v) is 3.33. The second-order valence-corrected chi connectivity index (χ2v) is 6.90. The number of methoxy groups -OCH3 is 1. The minimum absolute atomic E-state index is 0.0395. The summed E-state index contributed by atoms with van der Waals surface area (Å²) in [5, 5.41) is 6.55. The van der Waals surface area contributed by atoms with Gasteiger partial charge in [-0.05, 0) is 55.3 Å². The van der Waals surface area contributed by atoms with Crippen LogP contribution in [0.1, 0.15) is 19.4 Å². The summed E-state index contributed by atoms with van der Waals surface area (Å²) >= 11 is 6.00. The third-order valence-corrected chi connectivity index (χ3v) is 4.79. The second-order valence-electron chi connectivity index (χ2n) is 6.46. The number of halogens is 1. The molecule has 0 fully saturated rings. The zero-order valence-corrected chi connectivity index (χ0v) is 16.3. The van der Waals surface area contributed by atoms with E-state index in [0.29, 0.717) is 23.0 Å². The third kappa shape index (κ3) is 4.17. The van der Waals surface area contributed by atoms with Crippen LogP contribution in [0, 0.1) is 0 Å². The number of nitrogens with zero attached hydrogens (tertiary/aromatic N) is 1. The standard InChI is InChI=1S/C20H22ClN3O3/c1-12(20(26)23-17-11-15(21)4-7-19(17)27-3)22-16-5-6-18-14(10-16)8-9-24(18)13(2)25/h4-7,10-12,22H,8-9H2,1-3H3,(H,23,26). The van der Waals surface area contributed by atoms with Crippen molar-refractivity contribution >= 4 is 40.5 Å². The maximum absolute atomic E-state index is 12.5. The number of carbonyl (C=O) groups is 2. The number of hydrogen-bond donors (Lipinski definition) is 2. The lowest BCUT2D eigenvalue weighted by atomic mass is 10.1. The van der Waals surface area contributed by atoms with Gasteiger partial charge in [-0.2, -0.15) is 0 Å². The number of carbonyl (C=O) groups excluding carboxylic acids is 2. The van der Waals surface area contributed by atoms with Crippen molar-refractivity contribution in [2.24, 2.45) is 0 Å². The molecule has 2 N–H and O–H groups in total. The summed E-state index contributed by atoms with van der Waals surface area (Å²) < 4.78 is 5.25. The van der Waals surface area contributed by atoms with E-state index in [4.69, 9.17) is 16.3 Å². The highest BCUT2D eigenvalue weighted by atomic mass is 35.5. The zero-order chi connectivity index (χ0) is 19.6. The third-order valence-electron chi connectivity index (χ3n) is 4.55. The normalized spacial score (nSPS) is 13.7. The lowest BCUT2D eigenvalue weighted by Gasteiger charge is -2.18. The van der Waals surface area contributed by atoms with E-state index >= 15 is 0 Å². The van der Waals surface area contributed by atoms with Gasteiger partial charge in [-0.15, -0.1) is 0 Å². The number of ether oxygens (including phenoxy) is 1. The molecule has 1 aliphatic rings. The molecule has 142 valence electrons. The van der Waals surface area contributed by atoms with Crippen LogP contribution in [0.5, 0.6) is 5.75 Å². The van der Waals surface area contributed by atoms with Gasteiger partial charge in [-0.25, -0.2) is 0 Å². The summed E-state index contributed by atoms with van der Waals surface area (Å²) in [7, 11) is 1.54. The number of nitrogens with one attached hydrogen (secondary N) is 2. The van der Waals surface area contributed by atoms with Gasteiger partial charge in [0.15, 0.2) is 0 Å². The lowest BCUT2D eigenvalue weighted by Crippen LogP contribution is -2.32. The van der Waals surface area contributed by atoms with Crippen LogP contribution >= 0.6 is 11.6 Å². The topological polar surface area (TPSA) is 70.7 Å². The van der Waals surface area contributed by atoms with Crippen molar-refractivity contribution in [3.8, 4) is 5.75 Å². The number of hydrogen-bond acceptors (Lipinski definition) is 4. The quantitative estimate of drug-likeness (QED) is 0.820. The molecule has 0 radical (unpaired) electrons. The Hall–Kier alpha value is -2.73. The summed E-state index contributed by atoms with van der Waals surface area (Å²) in [4.78, 5) is 26.0. The fraction of sp³-hybridized carbons (Fsp3) is 0.300. The number of anilines is 3. The van der Waals surface area contributed by atoms with Crippen LogP contribution < -0.4 is 20.3 Å². The molecule has 0 aromatic heterocycles. The van der Waals surface area contributed by atoms with Crippen LogP contribution in [-0.4, -0.2) is 31.5 Å². The van der Waals surface area contributed by atoms with E-state index in [9.17, 15) is 9.59 Å². The van der Waals surface area contributed by atoms with Crippen molar-refractivity contribution in [3.63, 3.8) is 0 Å². The Balaban J connectivity index is 1.69. The molecule has 6 nitrogen and oxygen atoms in total. The summed E-state index contributed by atoms with van der Waals surface area (Å²) in [5.41, 5.74) is 3.39. The highest BCUT2D eigenvalue weighted by Crippen LogP contribution is 2.31. The summed E-state index contributed by atoms with van der Waals surface area (Å²) in [6.45, 7) is 4.04. The van der Waals surface area contributed by atoms with Crippen molar-refractivity contribution in [1.29, 1.82) is 0 Å². The van der Waals surface area contributed by atoms with Crippen LogP contribution in [-0.2, 0) is 16.0 Å². The van der Waals surface area contributed by atoms with Gasteiger partial charge < -0.3 is 20.3 Å². The maximum Gasteiger partial charge on any atom is 0.246 e. The molecule has 1 aliphatic heterocycles. The van der Waals surface area contributed by atoms with E-state index < -0.39 is 6.04 Å². The molecule has 0 bridgehead atoms. The lowest BCUT2D eigenvalue weighted by molar-refractivity contribution is -0.117. The Bertz CT molecular complexity index is 885. The van der Waals surface area contributed by atoms with Crippen molar-refractivity contribution in [2.75, 3.05) is 29.2 Å². The summed E-state index contributed by atoms with van der Waals surface area (Å²) in [5.74, 6) is 0.376. The van der Waals surface area contributed by atoms with E-state index in [-0.39, 0.29) is 11.8 Å². The molecule has 27 heavy (non-hydrogen) atoms. The molecule has 0 aliphatic carbocycles.